The van der Waals surface area contributed by atoms with Gasteiger partial charge in [0.25, 0.3) is 0 Å². The lowest BCUT2D eigenvalue weighted by Crippen LogP contribution is -2.27. The normalized spacial score (nSPS) is 11.5. The topological polar surface area (TPSA) is 80.3 Å². The zero-order chi connectivity index (χ0) is 21.7. The van der Waals surface area contributed by atoms with Crippen LogP contribution in [0.2, 0.25) is 0 Å². The molecule has 0 aliphatic heterocycles. The van der Waals surface area contributed by atoms with Gasteiger partial charge in [0.05, 0.1) is 16.9 Å². The van der Waals surface area contributed by atoms with Gasteiger partial charge in [-0.3, -0.25) is 15.1 Å². The van der Waals surface area contributed by atoms with Crippen molar-refractivity contribution in [2.75, 3.05) is 10.6 Å². The summed E-state index contributed by atoms with van der Waals surface area (Å²) in [6, 6.07) is 13.1. The summed E-state index contributed by atoms with van der Waals surface area (Å²) in [4.78, 5) is 28.8. The summed E-state index contributed by atoms with van der Waals surface area (Å²) in [6.45, 7) is 5.19. The highest BCUT2D eigenvalue weighted by Crippen LogP contribution is 2.24. The minimum absolute atomic E-state index is 0.117. The number of carbonyl (C=O) groups is 2. The maximum absolute atomic E-state index is 13.7. The third-order valence-electron chi connectivity index (χ3n) is 3.95. The minimum Gasteiger partial charge on any atom is -0.444 e. The number of aromatic nitrogens is 1. The molecule has 2 amide bonds. The number of carbonyl (C=O) groups excluding carboxylic acids is 2. The van der Waals surface area contributed by atoms with E-state index in [1.165, 1.54) is 18.2 Å². The number of nitrogens with zero attached hydrogens (tertiary/aromatic N) is 1. The molecule has 0 spiro atoms. The molecule has 0 atom stereocenters. The van der Waals surface area contributed by atoms with Gasteiger partial charge in [0.15, 0.2) is 0 Å². The highest BCUT2D eigenvalue weighted by molar-refractivity contribution is 6.05. The van der Waals surface area contributed by atoms with E-state index >= 15 is 0 Å². The molecule has 2 N–H and O–H groups in total. The van der Waals surface area contributed by atoms with Crippen LogP contribution in [0, 0.1) is 5.82 Å². The number of hydrogen-bond donors (Lipinski definition) is 2. The highest BCUT2D eigenvalue weighted by Gasteiger charge is 2.18. The van der Waals surface area contributed by atoms with Crippen LogP contribution in [0.15, 0.2) is 60.8 Å². The average Bonchev–Trinajstić information content (AvgIpc) is 2.67. The van der Waals surface area contributed by atoms with Crippen molar-refractivity contribution >= 4 is 40.4 Å². The van der Waals surface area contributed by atoms with Gasteiger partial charge in [-0.15, -0.1) is 0 Å². The van der Waals surface area contributed by atoms with E-state index in [4.69, 9.17) is 4.74 Å². The van der Waals surface area contributed by atoms with Gasteiger partial charge in [-0.2, -0.15) is 0 Å². The second kappa shape index (κ2) is 8.73. The fourth-order valence-corrected chi connectivity index (χ4v) is 2.74. The van der Waals surface area contributed by atoms with E-state index in [-0.39, 0.29) is 11.4 Å². The van der Waals surface area contributed by atoms with Gasteiger partial charge < -0.3 is 10.1 Å². The Bertz CT molecular complexity index is 1110. The molecule has 3 aromatic rings. The first kappa shape index (κ1) is 21.0. The molecule has 0 saturated heterocycles. The number of anilines is 2. The first-order chi connectivity index (χ1) is 14.2. The molecule has 1 aromatic heterocycles. The number of rotatable bonds is 4. The third kappa shape index (κ3) is 5.64. The molecule has 7 heteroatoms. The van der Waals surface area contributed by atoms with Crippen molar-refractivity contribution in [1.29, 1.82) is 0 Å². The second-order valence-corrected chi connectivity index (χ2v) is 7.56. The molecule has 0 aliphatic rings. The molecule has 3 rings (SSSR count). The first-order valence-corrected chi connectivity index (χ1v) is 9.34. The van der Waals surface area contributed by atoms with Crippen LogP contribution in [0.25, 0.3) is 17.0 Å². The number of halogens is 1. The summed E-state index contributed by atoms with van der Waals surface area (Å²) in [6.07, 6.45) is 3.93. The maximum Gasteiger partial charge on any atom is 0.412 e. The molecular formula is C23H22FN3O3. The summed E-state index contributed by atoms with van der Waals surface area (Å²) >= 11 is 0. The van der Waals surface area contributed by atoms with Gasteiger partial charge in [0, 0.05) is 23.2 Å². The lowest BCUT2D eigenvalue weighted by atomic mass is 10.1. The third-order valence-corrected chi connectivity index (χ3v) is 3.95. The van der Waals surface area contributed by atoms with E-state index in [9.17, 15) is 14.0 Å². The van der Waals surface area contributed by atoms with Crippen molar-refractivity contribution in [1.82, 2.24) is 4.98 Å². The van der Waals surface area contributed by atoms with E-state index in [2.05, 4.69) is 15.6 Å². The maximum atomic E-state index is 13.7. The molecule has 0 unspecified atom stereocenters. The van der Waals surface area contributed by atoms with Crippen molar-refractivity contribution in [3.05, 3.63) is 72.2 Å². The van der Waals surface area contributed by atoms with Crippen molar-refractivity contribution in [3.63, 3.8) is 0 Å². The number of ether oxygens (including phenoxy) is 1. The molecule has 2 aromatic carbocycles. The van der Waals surface area contributed by atoms with Gasteiger partial charge in [0.1, 0.15) is 11.4 Å². The summed E-state index contributed by atoms with van der Waals surface area (Å²) in [5.74, 6) is -1.04. The molecular weight excluding hydrogens is 385 g/mol. The number of benzene rings is 2. The molecule has 0 bridgehead atoms. The zero-order valence-corrected chi connectivity index (χ0v) is 16.9. The number of nitrogens with one attached hydrogen (secondary N) is 2. The van der Waals surface area contributed by atoms with Crippen molar-refractivity contribution in [3.8, 4) is 0 Å². The van der Waals surface area contributed by atoms with Crippen LogP contribution in [0.4, 0.5) is 20.6 Å². The Morgan fingerprint density at radius 3 is 2.57 bits per heavy atom. The Hall–Kier alpha value is -3.74. The minimum atomic E-state index is -0.707. The molecule has 6 nitrogen and oxygen atoms in total. The molecule has 0 radical (unpaired) electrons. The zero-order valence-electron chi connectivity index (χ0n) is 16.9. The predicted octanol–water partition coefficient (Wildman–Crippen LogP) is 5.37. The Balaban J connectivity index is 1.77. The van der Waals surface area contributed by atoms with Gasteiger partial charge >= 0.3 is 6.09 Å². The molecule has 1 heterocycles. The Morgan fingerprint density at radius 1 is 1.03 bits per heavy atom. The fourth-order valence-electron chi connectivity index (χ4n) is 2.74. The van der Waals surface area contributed by atoms with Gasteiger partial charge in [-0.1, -0.05) is 24.3 Å². The van der Waals surface area contributed by atoms with E-state index in [0.29, 0.717) is 0 Å². The van der Waals surface area contributed by atoms with Crippen LogP contribution in [-0.2, 0) is 9.53 Å². The summed E-state index contributed by atoms with van der Waals surface area (Å²) in [5, 5.41) is 6.06. The van der Waals surface area contributed by atoms with Gasteiger partial charge in [0.2, 0.25) is 5.91 Å². The Kier molecular flexibility index (Phi) is 6.11. The molecule has 30 heavy (non-hydrogen) atoms. The molecule has 0 saturated carbocycles. The number of fused-ring (bicyclic) bond motifs is 1. The summed E-state index contributed by atoms with van der Waals surface area (Å²) in [7, 11) is 0. The largest absolute Gasteiger partial charge is 0.444 e. The van der Waals surface area contributed by atoms with Crippen LogP contribution < -0.4 is 10.6 Å². The quantitative estimate of drug-likeness (QED) is 0.570. The number of pyridine rings is 1. The molecule has 0 fully saturated rings. The smallest absolute Gasteiger partial charge is 0.412 e. The Morgan fingerprint density at radius 2 is 1.80 bits per heavy atom. The van der Waals surface area contributed by atoms with Crippen LogP contribution >= 0.6 is 0 Å². The fraction of sp³-hybridized carbons (Fsp3) is 0.174. The SMILES string of the molecule is CC(C)(C)OC(=O)Nc1ccc(F)cc1NC(=O)/C=C/c1cccc2cccnc12. The summed E-state index contributed by atoms with van der Waals surface area (Å²) in [5.41, 5.74) is 1.19. The van der Waals surface area contributed by atoms with E-state index in [1.807, 2.05) is 30.3 Å². The van der Waals surface area contributed by atoms with Crippen LogP contribution in [0.1, 0.15) is 26.3 Å². The van der Waals surface area contributed by atoms with Gasteiger partial charge in [-0.25, -0.2) is 9.18 Å². The summed E-state index contributed by atoms with van der Waals surface area (Å²) < 4.78 is 18.9. The van der Waals surface area contributed by atoms with E-state index in [1.54, 1.807) is 33.0 Å². The predicted molar refractivity (Wildman–Crippen MR) is 116 cm³/mol. The van der Waals surface area contributed by atoms with E-state index < -0.39 is 23.4 Å². The average molecular weight is 407 g/mol. The lowest BCUT2D eigenvalue weighted by molar-refractivity contribution is -0.111. The number of amides is 2. The monoisotopic (exact) mass is 407 g/mol. The second-order valence-electron chi connectivity index (χ2n) is 7.56. The van der Waals surface area contributed by atoms with Crippen molar-refractivity contribution in [2.24, 2.45) is 0 Å². The molecule has 154 valence electrons. The van der Waals surface area contributed by atoms with Crippen molar-refractivity contribution in [2.45, 2.75) is 26.4 Å². The van der Waals surface area contributed by atoms with Crippen molar-refractivity contribution < 1.29 is 18.7 Å². The van der Waals surface area contributed by atoms with Crippen LogP contribution in [0.5, 0.6) is 0 Å². The van der Waals surface area contributed by atoms with Gasteiger partial charge in [-0.05, 0) is 51.1 Å². The van der Waals surface area contributed by atoms with Crippen LogP contribution in [-0.4, -0.2) is 22.6 Å². The first-order valence-electron chi connectivity index (χ1n) is 9.34. The standard InChI is InChI=1S/C23H22FN3O3/c1-23(2,3)30-22(29)27-18-11-10-17(24)14-19(18)26-20(28)12-9-16-7-4-6-15-8-5-13-25-21(15)16/h4-14H,1-3H3,(H,26,28)(H,27,29)/b12-9+. The highest BCUT2D eigenvalue weighted by atomic mass is 19.1. The number of para-hydroxylation sites is 1. The lowest BCUT2D eigenvalue weighted by Gasteiger charge is -2.20. The number of hydrogen-bond acceptors (Lipinski definition) is 4. The Labute approximate surface area is 173 Å². The molecule has 0 aliphatic carbocycles. The van der Waals surface area contributed by atoms with E-state index in [0.717, 1.165) is 22.5 Å². The van der Waals surface area contributed by atoms with Crippen LogP contribution in [0.3, 0.4) is 0 Å².